The maximum absolute atomic E-state index is 15.4. The number of likely N-dealkylation sites (tertiary alicyclic amines) is 1. The van der Waals surface area contributed by atoms with Crippen LogP contribution in [0.2, 0.25) is 0 Å². The Balaban J connectivity index is 1.12. The van der Waals surface area contributed by atoms with Crippen LogP contribution >= 0.6 is 0 Å². The second-order valence-electron chi connectivity index (χ2n) is 12.3. The van der Waals surface area contributed by atoms with Crippen molar-refractivity contribution >= 4 is 18.7 Å². The molecule has 4 atom stereocenters. The zero-order valence-electron chi connectivity index (χ0n) is 27.1. The fraction of sp³-hybridized carbons (Fsp3) is 0.351. The first kappa shape index (κ1) is 32.9. The number of carbonyl (C=O) groups is 2. The van der Waals surface area contributed by atoms with Gasteiger partial charge in [0.2, 0.25) is 0 Å². The van der Waals surface area contributed by atoms with Crippen molar-refractivity contribution in [3.63, 3.8) is 0 Å². The summed E-state index contributed by atoms with van der Waals surface area (Å²) in [6, 6.07) is 16.4. The number of nitrogens with one attached hydrogen (secondary N) is 4. The molecule has 2 amide bonds. The molecule has 2 unspecified atom stereocenters. The van der Waals surface area contributed by atoms with Gasteiger partial charge in [-0.05, 0) is 68.1 Å². The summed E-state index contributed by atoms with van der Waals surface area (Å²) >= 11 is 0. The fourth-order valence-corrected chi connectivity index (χ4v) is 6.77. The average molecular weight is 652 g/mol. The molecule has 1 aromatic heterocycles. The van der Waals surface area contributed by atoms with Gasteiger partial charge in [-0.3, -0.25) is 9.79 Å². The van der Waals surface area contributed by atoms with Crippen molar-refractivity contribution in [1.29, 1.82) is 0 Å². The van der Waals surface area contributed by atoms with Crippen LogP contribution in [0, 0.1) is 0 Å². The number of aromatic amines is 1. The summed E-state index contributed by atoms with van der Waals surface area (Å²) in [4.78, 5) is 39.7. The summed E-state index contributed by atoms with van der Waals surface area (Å²) in [5, 5.41) is 9.51. The Hall–Kier alpha value is -5.03. The lowest BCUT2D eigenvalue weighted by Crippen LogP contribution is -2.42. The quantitative estimate of drug-likeness (QED) is 0.189. The van der Waals surface area contributed by atoms with Gasteiger partial charge in [-0.25, -0.2) is 14.2 Å². The van der Waals surface area contributed by atoms with Crippen LogP contribution in [0.5, 0.6) is 0 Å². The second-order valence-corrected chi connectivity index (χ2v) is 12.3. The maximum Gasteiger partial charge on any atom is 0.407 e. The maximum atomic E-state index is 15.4. The Morgan fingerprint density at radius 2 is 1.98 bits per heavy atom. The van der Waals surface area contributed by atoms with E-state index in [9.17, 15) is 9.59 Å². The number of alkyl carbamates (subject to hydrolysis) is 1. The first-order valence-corrected chi connectivity index (χ1v) is 16.5. The number of aromatic nitrogens is 2. The van der Waals surface area contributed by atoms with Crippen LogP contribution in [0.15, 0.2) is 101 Å². The molecule has 0 saturated carbocycles. The van der Waals surface area contributed by atoms with E-state index in [-0.39, 0.29) is 23.7 Å². The number of halogens is 1. The Bertz CT molecular complexity index is 1690. The number of H-pyrrole nitrogens is 1. The lowest BCUT2D eigenvalue weighted by molar-refractivity contribution is -0.134. The third-order valence-corrected chi connectivity index (χ3v) is 9.32. The van der Waals surface area contributed by atoms with Gasteiger partial charge in [0.05, 0.1) is 30.7 Å². The first-order valence-electron chi connectivity index (χ1n) is 16.5. The standard InChI is InChI=1S/C37H42FN7O3/c1-39-22-32(41-21-28-10-6-18-40-28)29-17-16-27(20-30(29)38)24-12-14-25(15-13-24)31-23-42-35(43-31)33-11-7-19-45(33)36(46)34(44-37(47)48-2)26-8-4-3-5-9-26/h3-5,8-9,12-15,17,20,22-23,27-28,33-34,40-41H,1,6-7,10-11,16,18-19,21H2,2H3,(H,42,43)(H,44,47)/b32-22-/t27?,28?,33-,34+/m0/s1. The number of nitrogens with zero attached hydrogens (tertiary/aromatic N) is 3. The van der Waals surface area contributed by atoms with Crippen LogP contribution in [0.4, 0.5) is 9.18 Å². The number of hydrogen-bond donors (Lipinski definition) is 4. The van der Waals surface area contributed by atoms with E-state index in [1.54, 1.807) is 23.4 Å². The van der Waals surface area contributed by atoms with E-state index in [2.05, 4.69) is 37.6 Å². The van der Waals surface area contributed by atoms with E-state index in [1.807, 2.05) is 60.7 Å². The largest absolute Gasteiger partial charge is 0.453 e. The van der Waals surface area contributed by atoms with Gasteiger partial charge < -0.3 is 30.6 Å². The van der Waals surface area contributed by atoms with Gasteiger partial charge in [0, 0.05) is 36.8 Å². The smallest absolute Gasteiger partial charge is 0.407 e. The number of imidazole rings is 1. The number of aliphatic imine (C=N–C) groups is 1. The molecule has 3 aromatic rings. The molecule has 0 spiro atoms. The summed E-state index contributed by atoms with van der Waals surface area (Å²) in [5.41, 5.74) is 4.62. The zero-order valence-corrected chi connectivity index (χ0v) is 27.1. The second kappa shape index (κ2) is 15.2. The molecular weight excluding hydrogens is 609 g/mol. The molecule has 1 aliphatic carbocycles. The molecule has 6 rings (SSSR count). The number of benzene rings is 2. The highest BCUT2D eigenvalue weighted by Gasteiger charge is 2.37. The molecule has 11 heteroatoms. The van der Waals surface area contributed by atoms with E-state index in [0.29, 0.717) is 48.2 Å². The number of amides is 2. The third kappa shape index (κ3) is 7.41. The van der Waals surface area contributed by atoms with E-state index >= 15 is 4.39 Å². The van der Waals surface area contributed by atoms with Gasteiger partial charge in [-0.2, -0.15) is 0 Å². The molecule has 3 heterocycles. The molecule has 2 fully saturated rings. The molecule has 0 radical (unpaired) electrons. The minimum absolute atomic E-state index is 0.0937. The molecular formula is C37H42FN7O3. The minimum Gasteiger partial charge on any atom is -0.453 e. The van der Waals surface area contributed by atoms with Gasteiger partial charge >= 0.3 is 6.09 Å². The minimum atomic E-state index is -0.877. The van der Waals surface area contributed by atoms with Crippen molar-refractivity contribution in [1.82, 2.24) is 30.8 Å². The number of hydrogen-bond acceptors (Lipinski definition) is 7. The van der Waals surface area contributed by atoms with Gasteiger partial charge in [0.25, 0.3) is 5.91 Å². The highest BCUT2D eigenvalue weighted by molar-refractivity contribution is 5.87. The van der Waals surface area contributed by atoms with Crippen molar-refractivity contribution in [2.45, 2.75) is 56.1 Å². The Morgan fingerprint density at radius 3 is 2.69 bits per heavy atom. The summed E-state index contributed by atoms with van der Waals surface area (Å²) in [5.74, 6) is 0.104. The molecule has 250 valence electrons. The van der Waals surface area contributed by atoms with Crippen molar-refractivity contribution in [2.75, 3.05) is 26.7 Å². The first-order chi connectivity index (χ1) is 23.4. The predicted molar refractivity (Wildman–Crippen MR) is 184 cm³/mol. The van der Waals surface area contributed by atoms with Gasteiger partial charge in [0.1, 0.15) is 17.7 Å². The third-order valence-electron chi connectivity index (χ3n) is 9.32. The van der Waals surface area contributed by atoms with E-state index in [1.165, 1.54) is 7.11 Å². The van der Waals surface area contributed by atoms with Crippen molar-refractivity contribution in [3.8, 4) is 11.3 Å². The predicted octanol–water partition coefficient (Wildman–Crippen LogP) is 5.99. The molecule has 3 aliphatic rings. The molecule has 10 nitrogen and oxygen atoms in total. The number of methoxy groups -OCH3 is 1. The lowest BCUT2D eigenvalue weighted by Gasteiger charge is -2.28. The number of carbonyl (C=O) groups excluding carboxylic acids is 2. The average Bonchev–Trinajstić information content (AvgIpc) is 3.92. The van der Waals surface area contributed by atoms with Crippen molar-refractivity contribution < 1.29 is 18.7 Å². The summed E-state index contributed by atoms with van der Waals surface area (Å²) < 4.78 is 20.2. The van der Waals surface area contributed by atoms with E-state index in [4.69, 9.17) is 4.74 Å². The topological polar surface area (TPSA) is 124 Å². The van der Waals surface area contributed by atoms with Crippen LogP contribution in [0.3, 0.4) is 0 Å². The monoisotopic (exact) mass is 651 g/mol. The van der Waals surface area contributed by atoms with E-state index in [0.717, 1.165) is 49.0 Å². The van der Waals surface area contributed by atoms with Crippen LogP contribution < -0.4 is 16.0 Å². The van der Waals surface area contributed by atoms with Crippen molar-refractivity contribution in [2.24, 2.45) is 4.99 Å². The number of rotatable bonds is 11. The Morgan fingerprint density at radius 1 is 1.17 bits per heavy atom. The molecule has 48 heavy (non-hydrogen) atoms. The highest BCUT2D eigenvalue weighted by Crippen LogP contribution is 2.36. The molecule has 0 bridgehead atoms. The fourth-order valence-electron chi connectivity index (χ4n) is 6.77. The van der Waals surface area contributed by atoms with Gasteiger partial charge in [0.15, 0.2) is 0 Å². The summed E-state index contributed by atoms with van der Waals surface area (Å²) in [6.45, 7) is 5.84. The normalized spacial score (nSPS) is 21.7. The van der Waals surface area contributed by atoms with Crippen LogP contribution in [-0.2, 0) is 9.53 Å². The van der Waals surface area contributed by atoms with Crippen molar-refractivity contribution in [3.05, 3.63) is 113 Å². The molecule has 2 aromatic carbocycles. The number of ether oxygens (including phenoxy) is 1. The SMILES string of the molecule is C=N/C=C(\NCC1CCCN1)C1=CCC(c2ccc(-c3cnc([C@@H]4CCCN4C(=O)[C@H](NC(=O)OC)c4ccccc4)[nH]3)cc2)C=C1F. The lowest BCUT2D eigenvalue weighted by atomic mass is 9.88. The highest BCUT2D eigenvalue weighted by atomic mass is 19.1. The van der Waals surface area contributed by atoms with Crippen LogP contribution in [0.1, 0.15) is 67.1 Å². The van der Waals surface area contributed by atoms with Gasteiger partial charge in [-0.1, -0.05) is 60.7 Å². The van der Waals surface area contributed by atoms with Gasteiger partial charge in [-0.15, -0.1) is 0 Å². The van der Waals surface area contributed by atoms with Crippen LogP contribution in [-0.4, -0.2) is 66.4 Å². The molecule has 2 aliphatic heterocycles. The number of allylic oxidation sites excluding steroid dienone is 3. The molecule has 2 saturated heterocycles. The molecule has 4 N–H and O–H groups in total. The van der Waals surface area contributed by atoms with Crippen LogP contribution in [0.25, 0.3) is 11.3 Å². The Kier molecular flexibility index (Phi) is 10.4. The summed E-state index contributed by atoms with van der Waals surface area (Å²) in [7, 11) is 1.28. The van der Waals surface area contributed by atoms with E-state index < -0.39 is 12.1 Å². The Labute approximate surface area is 280 Å². The zero-order chi connectivity index (χ0) is 33.5. The summed E-state index contributed by atoms with van der Waals surface area (Å²) in [6.07, 6.45) is 10.8.